The normalized spacial score (nSPS) is 9.80. The minimum Gasteiger partial charge on any atom is -0.490 e. The molecule has 4 nitrogen and oxygen atoms in total. The second-order valence-electron chi connectivity index (χ2n) is 4.13. The van der Waals surface area contributed by atoms with Crippen LogP contribution in [0.25, 0.3) is 0 Å². The second-order valence-corrected chi connectivity index (χ2v) is 4.54. The van der Waals surface area contributed by atoms with Crippen LogP contribution in [0.4, 0.5) is 5.69 Å². The Bertz CT molecular complexity index is 549. The second kappa shape index (κ2) is 7.35. The summed E-state index contributed by atoms with van der Waals surface area (Å²) in [5.41, 5.74) is 2.00. The lowest BCUT2D eigenvalue weighted by atomic mass is 10.3. The molecule has 2 rings (SSSR count). The first kappa shape index (κ1) is 14.1. The third kappa shape index (κ3) is 4.44. The Morgan fingerprint density at radius 2 is 2.10 bits per heavy atom. The fourth-order valence-electron chi connectivity index (χ4n) is 1.62. The summed E-state index contributed by atoms with van der Waals surface area (Å²) in [5.74, 6) is 0.806. The molecule has 3 N–H and O–H groups in total. The van der Waals surface area contributed by atoms with Crippen molar-refractivity contribution in [1.82, 2.24) is 10.3 Å². The maximum Gasteiger partial charge on any atom is 0.171 e. The molecule has 0 saturated carbocycles. The van der Waals surface area contributed by atoms with Gasteiger partial charge in [0.1, 0.15) is 12.4 Å². The summed E-state index contributed by atoms with van der Waals surface area (Å²) in [5, 5.41) is 6.83. The van der Waals surface area contributed by atoms with E-state index in [9.17, 15) is 0 Å². The van der Waals surface area contributed by atoms with Gasteiger partial charge >= 0.3 is 0 Å². The summed E-state index contributed by atoms with van der Waals surface area (Å²) >= 11 is 5.23. The number of rotatable bonds is 6. The van der Waals surface area contributed by atoms with E-state index < -0.39 is 0 Å². The third-order valence-corrected chi connectivity index (χ3v) is 2.83. The lowest BCUT2D eigenvalue weighted by molar-refractivity contribution is 0.363. The van der Waals surface area contributed by atoms with Gasteiger partial charge in [0, 0.05) is 17.6 Å². The average molecular weight is 287 g/mol. The van der Waals surface area contributed by atoms with Crippen molar-refractivity contribution in [1.29, 1.82) is 0 Å². The molecule has 0 radical (unpaired) electrons. The minimum atomic E-state index is 0.503. The first-order chi connectivity index (χ1) is 9.78. The highest BCUT2D eigenvalue weighted by molar-refractivity contribution is 7.80. The molecule has 2 aromatic rings. The number of nitrogens with one attached hydrogen (secondary N) is 3. The Labute approximate surface area is 123 Å². The molecule has 0 atom stereocenters. The Morgan fingerprint density at radius 1 is 1.30 bits per heavy atom. The van der Waals surface area contributed by atoms with E-state index in [2.05, 4.69) is 22.2 Å². The number of anilines is 1. The number of ether oxygens (including phenoxy) is 1. The van der Waals surface area contributed by atoms with Crippen LogP contribution in [0.15, 0.2) is 55.3 Å². The Kier molecular flexibility index (Phi) is 5.20. The van der Waals surface area contributed by atoms with Gasteiger partial charge < -0.3 is 20.4 Å². The highest BCUT2D eigenvalue weighted by Crippen LogP contribution is 2.15. The molecule has 0 unspecified atom stereocenters. The standard InChI is InChI=1S/C15H17N3OS/c1-2-10-19-14-7-5-12(6-8-14)18-15(20)17-11-13-4-3-9-16-13/h2-9,16H,1,10-11H2,(H2,17,18,20). The van der Waals surface area contributed by atoms with Crippen LogP contribution < -0.4 is 15.4 Å². The van der Waals surface area contributed by atoms with Crippen molar-refractivity contribution in [3.63, 3.8) is 0 Å². The first-order valence-corrected chi connectivity index (χ1v) is 6.69. The molecule has 104 valence electrons. The number of hydrogen-bond donors (Lipinski definition) is 3. The molecule has 20 heavy (non-hydrogen) atoms. The largest absolute Gasteiger partial charge is 0.490 e. The predicted octanol–water partition coefficient (Wildman–Crippen LogP) is 3.07. The Balaban J connectivity index is 1.80. The van der Waals surface area contributed by atoms with Crippen molar-refractivity contribution in [2.24, 2.45) is 0 Å². The number of aromatic amines is 1. The number of benzene rings is 1. The van der Waals surface area contributed by atoms with Gasteiger partial charge in [0.25, 0.3) is 0 Å². The Morgan fingerprint density at radius 3 is 2.75 bits per heavy atom. The molecule has 0 aliphatic rings. The summed E-state index contributed by atoms with van der Waals surface area (Å²) < 4.78 is 5.41. The zero-order valence-corrected chi connectivity index (χ0v) is 11.9. The van der Waals surface area contributed by atoms with Crippen LogP contribution in [-0.2, 0) is 6.54 Å². The molecule has 1 aromatic heterocycles. The van der Waals surface area contributed by atoms with Crippen molar-refractivity contribution < 1.29 is 4.74 Å². The molecule has 1 aromatic carbocycles. The van der Waals surface area contributed by atoms with Gasteiger partial charge in [-0.25, -0.2) is 0 Å². The topological polar surface area (TPSA) is 49.1 Å². The fraction of sp³-hybridized carbons (Fsp3) is 0.133. The smallest absolute Gasteiger partial charge is 0.171 e. The van der Waals surface area contributed by atoms with Gasteiger partial charge in [-0.05, 0) is 48.6 Å². The van der Waals surface area contributed by atoms with Crippen molar-refractivity contribution in [3.8, 4) is 5.75 Å². The van der Waals surface area contributed by atoms with Crippen LogP contribution in [0.2, 0.25) is 0 Å². The van der Waals surface area contributed by atoms with Crippen molar-refractivity contribution in [3.05, 3.63) is 60.9 Å². The van der Waals surface area contributed by atoms with E-state index in [0.29, 0.717) is 18.3 Å². The molecule has 0 fully saturated rings. The van der Waals surface area contributed by atoms with Gasteiger partial charge in [-0.15, -0.1) is 0 Å². The van der Waals surface area contributed by atoms with Crippen LogP contribution >= 0.6 is 12.2 Å². The zero-order valence-electron chi connectivity index (χ0n) is 11.1. The van der Waals surface area contributed by atoms with E-state index in [1.54, 1.807) is 6.08 Å². The van der Waals surface area contributed by atoms with Crippen molar-refractivity contribution >= 4 is 23.0 Å². The highest BCUT2D eigenvalue weighted by Gasteiger charge is 1.99. The Hall–Kier alpha value is -2.27. The molecule has 0 saturated heterocycles. The van der Waals surface area contributed by atoms with Gasteiger partial charge in [-0.2, -0.15) is 0 Å². The molecule has 0 aliphatic carbocycles. The lowest BCUT2D eigenvalue weighted by Gasteiger charge is -2.10. The van der Waals surface area contributed by atoms with E-state index in [1.807, 2.05) is 42.6 Å². The number of aromatic nitrogens is 1. The fourth-order valence-corrected chi connectivity index (χ4v) is 1.81. The van der Waals surface area contributed by atoms with Crippen LogP contribution in [0.3, 0.4) is 0 Å². The van der Waals surface area contributed by atoms with Crippen LogP contribution in [0.5, 0.6) is 5.75 Å². The molecular weight excluding hydrogens is 270 g/mol. The van der Waals surface area contributed by atoms with E-state index in [-0.39, 0.29) is 0 Å². The van der Waals surface area contributed by atoms with Crippen LogP contribution in [-0.4, -0.2) is 16.7 Å². The lowest BCUT2D eigenvalue weighted by Crippen LogP contribution is -2.27. The summed E-state index contributed by atoms with van der Waals surface area (Å²) in [6.07, 6.45) is 3.60. The quantitative estimate of drug-likeness (QED) is 0.564. The molecule has 1 heterocycles. The molecule has 0 aliphatic heterocycles. The SMILES string of the molecule is C=CCOc1ccc(NC(=S)NCc2ccc[nH]2)cc1. The van der Waals surface area contributed by atoms with Crippen molar-refractivity contribution in [2.45, 2.75) is 6.54 Å². The molecular formula is C15H17N3OS. The summed E-state index contributed by atoms with van der Waals surface area (Å²) in [4.78, 5) is 3.11. The van der Waals surface area contributed by atoms with Crippen LogP contribution in [0.1, 0.15) is 5.69 Å². The van der Waals surface area contributed by atoms with E-state index in [0.717, 1.165) is 17.1 Å². The van der Waals surface area contributed by atoms with E-state index >= 15 is 0 Å². The van der Waals surface area contributed by atoms with Gasteiger partial charge in [-0.1, -0.05) is 12.7 Å². The van der Waals surface area contributed by atoms with Gasteiger partial charge in [0.15, 0.2) is 5.11 Å². The monoisotopic (exact) mass is 287 g/mol. The van der Waals surface area contributed by atoms with Crippen molar-refractivity contribution in [2.75, 3.05) is 11.9 Å². The third-order valence-electron chi connectivity index (χ3n) is 2.58. The van der Waals surface area contributed by atoms with Gasteiger partial charge in [-0.3, -0.25) is 0 Å². The zero-order chi connectivity index (χ0) is 14.2. The summed E-state index contributed by atoms with van der Waals surface area (Å²) in [6, 6.07) is 11.6. The minimum absolute atomic E-state index is 0.503. The summed E-state index contributed by atoms with van der Waals surface area (Å²) in [6.45, 7) is 4.78. The van der Waals surface area contributed by atoms with Crippen LogP contribution in [0, 0.1) is 0 Å². The van der Waals surface area contributed by atoms with Gasteiger partial charge in [0.2, 0.25) is 0 Å². The highest BCUT2D eigenvalue weighted by atomic mass is 32.1. The van der Waals surface area contributed by atoms with E-state index in [4.69, 9.17) is 17.0 Å². The maximum absolute atomic E-state index is 5.41. The predicted molar refractivity (Wildman–Crippen MR) is 86.0 cm³/mol. The summed E-state index contributed by atoms with van der Waals surface area (Å²) in [7, 11) is 0. The molecule has 5 heteroatoms. The molecule has 0 bridgehead atoms. The first-order valence-electron chi connectivity index (χ1n) is 6.29. The maximum atomic E-state index is 5.41. The average Bonchev–Trinajstić information content (AvgIpc) is 2.98. The molecule has 0 spiro atoms. The number of hydrogen-bond acceptors (Lipinski definition) is 2. The van der Waals surface area contributed by atoms with Gasteiger partial charge in [0.05, 0.1) is 6.54 Å². The van der Waals surface area contributed by atoms with E-state index in [1.165, 1.54) is 0 Å². The number of H-pyrrole nitrogens is 1. The number of thiocarbonyl (C=S) groups is 1. The molecule has 0 amide bonds.